The first kappa shape index (κ1) is 26.4. The average molecular weight is 546 g/mol. The molecule has 8 nitrogen and oxygen atoms in total. The molecule has 2 saturated heterocycles. The molecule has 8 heteroatoms. The second-order valence-electron chi connectivity index (χ2n) is 10.5. The van der Waals surface area contributed by atoms with Crippen LogP contribution in [0.25, 0.3) is 33.3 Å². The predicted molar refractivity (Wildman–Crippen MR) is 157 cm³/mol. The minimum atomic E-state index is -0.0937. The Bertz CT molecular complexity index is 1630. The zero-order chi connectivity index (χ0) is 28.2. The first-order valence-electron chi connectivity index (χ1n) is 14.0. The van der Waals surface area contributed by atoms with E-state index in [1.807, 2.05) is 30.3 Å². The fraction of sp³-hybridized carbons (Fsp3) is 0.303. The zero-order valence-corrected chi connectivity index (χ0v) is 22.8. The summed E-state index contributed by atoms with van der Waals surface area (Å²) in [6.07, 6.45) is 1.68. The maximum Gasteiger partial charge on any atom is 0.236 e. The van der Waals surface area contributed by atoms with E-state index >= 15 is 0 Å². The molecular weight excluding hydrogens is 514 g/mol. The fourth-order valence-electron chi connectivity index (χ4n) is 5.67. The van der Waals surface area contributed by atoms with Crippen molar-refractivity contribution < 1.29 is 14.3 Å². The Kier molecular flexibility index (Phi) is 7.58. The van der Waals surface area contributed by atoms with Crippen LogP contribution in [0.15, 0.2) is 66.7 Å². The molecule has 41 heavy (non-hydrogen) atoms. The lowest BCUT2D eigenvalue weighted by molar-refractivity contribution is -0.130. The molecule has 6 rings (SSSR count). The first-order chi connectivity index (χ1) is 20.1. The molecule has 2 aliphatic heterocycles. The number of carbonyl (C=O) groups is 1. The van der Waals surface area contributed by atoms with Gasteiger partial charge < -0.3 is 24.3 Å². The summed E-state index contributed by atoms with van der Waals surface area (Å²) < 4.78 is 11.6. The van der Waals surface area contributed by atoms with Gasteiger partial charge in [-0.25, -0.2) is 0 Å². The van der Waals surface area contributed by atoms with Crippen molar-refractivity contribution in [3.63, 3.8) is 0 Å². The van der Waals surface area contributed by atoms with Crippen LogP contribution in [-0.2, 0) is 9.53 Å². The Morgan fingerprint density at radius 1 is 0.951 bits per heavy atom. The van der Waals surface area contributed by atoms with Gasteiger partial charge in [-0.05, 0) is 53.1 Å². The summed E-state index contributed by atoms with van der Waals surface area (Å²) in [5, 5.41) is 19.7. The standard InChI is InChI=1S/C33H31N5O3/c34-13-10-33(39)38-16-14-37(15-17-38)26-7-4-23(5-8-26)31-21-29-28(2-1-3-30(29)36-31)24-6-9-32(25(20-24)22-35)41-27-11-18-40-19-12-27/h1-9,20-21,27,36H,10-12,14-19H2. The number of aromatic nitrogens is 1. The van der Waals surface area contributed by atoms with Crippen molar-refractivity contribution in [2.45, 2.75) is 25.4 Å². The van der Waals surface area contributed by atoms with Crippen molar-refractivity contribution in [3.8, 4) is 40.3 Å². The summed E-state index contributed by atoms with van der Waals surface area (Å²) in [6.45, 7) is 4.13. The number of piperazine rings is 1. The summed E-state index contributed by atoms with van der Waals surface area (Å²) in [6, 6.07) is 26.9. The quantitative estimate of drug-likeness (QED) is 0.343. The molecule has 2 aliphatic rings. The molecule has 0 atom stereocenters. The molecule has 0 saturated carbocycles. The first-order valence-corrected chi connectivity index (χ1v) is 14.0. The Labute approximate surface area is 239 Å². The largest absolute Gasteiger partial charge is 0.489 e. The third-order valence-electron chi connectivity index (χ3n) is 7.94. The van der Waals surface area contributed by atoms with Crippen LogP contribution in [0, 0.1) is 22.7 Å². The van der Waals surface area contributed by atoms with Crippen LogP contribution < -0.4 is 9.64 Å². The molecule has 0 spiro atoms. The van der Waals surface area contributed by atoms with Crippen molar-refractivity contribution in [3.05, 3.63) is 72.3 Å². The van der Waals surface area contributed by atoms with Gasteiger partial charge in [0.2, 0.25) is 5.91 Å². The van der Waals surface area contributed by atoms with Crippen LogP contribution in [0.5, 0.6) is 5.75 Å². The number of hydrogen-bond donors (Lipinski definition) is 1. The minimum absolute atomic E-state index is 0.0588. The van der Waals surface area contributed by atoms with E-state index in [-0.39, 0.29) is 18.4 Å². The lowest BCUT2D eigenvalue weighted by atomic mass is 9.99. The van der Waals surface area contributed by atoms with Crippen LogP contribution in [0.2, 0.25) is 0 Å². The number of rotatable bonds is 6. The monoisotopic (exact) mass is 545 g/mol. The van der Waals surface area contributed by atoms with Crippen LogP contribution in [0.3, 0.4) is 0 Å². The number of benzene rings is 3. The van der Waals surface area contributed by atoms with Crippen molar-refractivity contribution in [1.29, 1.82) is 10.5 Å². The van der Waals surface area contributed by atoms with E-state index in [2.05, 4.69) is 58.4 Å². The number of nitrogens with one attached hydrogen (secondary N) is 1. The van der Waals surface area contributed by atoms with Crippen molar-refractivity contribution in [2.24, 2.45) is 0 Å². The molecule has 3 aromatic carbocycles. The van der Waals surface area contributed by atoms with Crippen LogP contribution >= 0.6 is 0 Å². The Morgan fingerprint density at radius 2 is 1.71 bits per heavy atom. The Balaban J connectivity index is 1.20. The maximum absolute atomic E-state index is 12.0. The van der Waals surface area contributed by atoms with E-state index in [1.54, 1.807) is 4.90 Å². The third kappa shape index (κ3) is 5.61. The van der Waals surface area contributed by atoms with E-state index in [0.717, 1.165) is 64.9 Å². The van der Waals surface area contributed by atoms with Gasteiger partial charge in [0.15, 0.2) is 0 Å². The highest BCUT2D eigenvalue weighted by molar-refractivity contribution is 5.98. The van der Waals surface area contributed by atoms with Crippen molar-refractivity contribution in [1.82, 2.24) is 9.88 Å². The Morgan fingerprint density at radius 3 is 2.44 bits per heavy atom. The van der Waals surface area contributed by atoms with Gasteiger partial charge in [-0.1, -0.05) is 30.3 Å². The fourth-order valence-corrected chi connectivity index (χ4v) is 5.67. The number of anilines is 1. The molecule has 206 valence electrons. The number of hydrogen-bond acceptors (Lipinski definition) is 6. The topological polar surface area (TPSA) is 105 Å². The summed E-state index contributed by atoms with van der Waals surface area (Å²) in [4.78, 5) is 19.6. The molecule has 0 radical (unpaired) electrons. The molecule has 1 N–H and O–H groups in total. The molecule has 0 aliphatic carbocycles. The number of amides is 1. The SMILES string of the molecule is N#CCC(=O)N1CCN(c2ccc(-c3cc4c(-c5ccc(OC6CCOCC6)c(C#N)c5)cccc4[nH]3)cc2)CC1. The van der Waals surface area contributed by atoms with Gasteiger partial charge in [0.05, 0.1) is 24.8 Å². The van der Waals surface area contributed by atoms with Gasteiger partial charge in [0.25, 0.3) is 0 Å². The highest BCUT2D eigenvalue weighted by Gasteiger charge is 2.21. The molecule has 1 aromatic heterocycles. The van der Waals surface area contributed by atoms with E-state index in [1.165, 1.54) is 0 Å². The van der Waals surface area contributed by atoms with Gasteiger partial charge in [0, 0.05) is 61.3 Å². The van der Waals surface area contributed by atoms with Crippen LogP contribution in [0.1, 0.15) is 24.8 Å². The van der Waals surface area contributed by atoms with E-state index in [0.29, 0.717) is 37.6 Å². The van der Waals surface area contributed by atoms with Crippen molar-refractivity contribution in [2.75, 3.05) is 44.3 Å². The van der Waals surface area contributed by atoms with Gasteiger partial charge in [-0.15, -0.1) is 0 Å². The van der Waals surface area contributed by atoms with E-state index in [9.17, 15) is 10.1 Å². The molecular formula is C33H31N5O3. The average Bonchev–Trinajstić information content (AvgIpc) is 3.47. The van der Waals surface area contributed by atoms with Gasteiger partial charge in [-0.2, -0.15) is 10.5 Å². The number of ether oxygens (including phenoxy) is 2. The van der Waals surface area contributed by atoms with Gasteiger partial charge >= 0.3 is 0 Å². The van der Waals surface area contributed by atoms with Gasteiger partial charge in [0.1, 0.15) is 24.3 Å². The highest BCUT2D eigenvalue weighted by Crippen LogP contribution is 2.35. The normalized spacial score (nSPS) is 15.9. The van der Waals surface area contributed by atoms with Crippen molar-refractivity contribution >= 4 is 22.5 Å². The van der Waals surface area contributed by atoms with Gasteiger partial charge in [-0.3, -0.25) is 4.79 Å². The number of nitrogens with zero attached hydrogens (tertiary/aromatic N) is 4. The number of H-pyrrole nitrogens is 1. The molecule has 0 unspecified atom stereocenters. The summed E-state index contributed by atoms with van der Waals surface area (Å²) >= 11 is 0. The molecule has 1 amide bonds. The lowest BCUT2D eigenvalue weighted by Crippen LogP contribution is -2.48. The summed E-state index contributed by atoms with van der Waals surface area (Å²) in [7, 11) is 0. The van der Waals surface area contributed by atoms with Crippen LogP contribution in [-0.4, -0.2) is 61.3 Å². The highest BCUT2D eigenvalue weighted by atomic mass is 16.5. The second-order valence-corrected chi connectivity index (χ2v) is 10.5. The smallest absolute Gasteiger partial charge is 0.236 e. The summed E-state index contributed by atoms with van der Waals surface area (Å²) in [5.74, 6) is 0.532. The third-order valence-corrected chi connectivity index (χ3v) is 7.94. The molecule has 0 bridgehead atoms. The second kappa shape index (κ2) is 11.8. The van der Waals surface area contributed by atoms with E-state index < -0.39 is 0 Å². The maximum atomic E-state index is 12.0. The van der Waals surface area contributed by atoms with E-state index in [4.69, 9.17) is 14.7 Å². The predicted octanol–water partition coefficient (Wildman–Crippen LogP) is 5.49. The number of aromatic amines is 1. The number of fused-ring (bicyclic) bond motifs is 1. The molecule has 2 fully saturated rings. The zero-order valence-electron chi connectivity index (χ0n) is 22.8. The number of carbonyl (C=O) groups excluding carboxylic acids is 1. The molecule has 4 aromatic rings. The number of nitriles is 2. The molecule has 3 heterocycles. The summed E-state index contributed by atoms with van der Waals surface area (Å²) in [5.41, 5.74) is 6.81. The lowest BCUT2D eigenvalue weighted by Gasteiger charge is -2.35. The van der Waals surface area contributed by atoms with Crippen LogP contribution in [0.4, 0.5) is 5.69 Å². The Hall–Kier alpha value is -4.79. The minimum Gasteiger partial charge on any atom is -0.489 e.